The Morgan fingerprint density at radius 1 is 1.36 bits per heavy atom. The molecule has 130 valence electrons. The van der Waals surface area contributed by atoms with Crippen LogP contribution in [0.25, 0.3) is 11.3 Å². The van der Waals surface area contributed by atoms with Gasteiger partial charge in [0.05, 0.1) is 19.1 Å². The number of hydrogen-bond acceptors (Lipinski definition) is 4. The van der Waals surface area contributed by atoms with E-state index in [1.54, 1.807) is 6.20 Å². The summed E-state index contributed by atoms with van der Waals surface area (Å²) >= 11 is 6.06. The van der Waals surface area contributed by atoms with E-state index in [1.165, 1.54) is 0 Å². The van der Waals surface area contributed by atoms with Gasteiger partial charge in [-0.2, -0.15) is 0 Å². The van der Waals surface area contributed by atoms with E-state index in [0.717, 1.165) is 43.3 Å². The number of nitrogens with zero attached hydrogens (tertiary/aromatic N) is 4. The van der Waals surface area contributed by atoms with E-state index >= 15 is 0 Å². The van der Waals surface area contributed by atoms with Crippen LogP contribution in [0, 0.1) is 5.92 Å². The van der Waals surface area contributed by atoms with Gasteiger partial charge in [-0.1, -0.05) is 30.7 Å². The van der Waals surface area contributed by atoms with Crippen molar-refractivity contribution in [3.05, 3.63) is 60.1 Å². The normalized spacial score (nSPS) is 21.5. The predicted molar refractivity (Wildman–Crippen MR) is 97.3 cm³/mol. The highest BCUT2D eigenvalue weighted by atomic mass is 35.5. The largest absolute Gasteiger partial charge is 0.439 e. The predicted octanol–water partition coefficient (Wildman–Crippen LogP) is 4.27. The lowest BCUT2D eigenvalue weighted by atomic mass is 9.93. The summed E-state index contributed by atoms with van der Waals surface area (Å²) in [5, 5.41) is 0.698. The lowest BCUT2D eigenvalue weighted by Crippen LogP contribution is -2.40. The molecule has 0 spiro atoms. The molecule has 1 aromatic carbocycles. The number of rotatable bonds is 4. The van der Waals surface area contributed by atoms with Crippen molar-refractivity contribution in [3.8, 4) is 11.3 Å². The van der Waals surface area contributed by atoms with Crippen LogP contribution in [0.4, 0.5) is 0 Å². The Bertz CT molecular complexity index is 830. The maximum atomic E-state index is 6.06. The first-order valence-electron chi connectivity index (χ1n) is 8.59. The number of imidazole rings is 1. The molecule has 0 unspecified atom stereocenters. The molecule has 0 radical (unpaired) electrons. The van der Waals surface area contributed by atoms with Crippen molar-refractivity contribution in [1.82, 2.24) is 19.4 Å². The molecule has 1 saturated heterocycles. The summed E-state index contributed by atoms with van der Waals surface area (Å²) in [5.41, 5.74) is 0.954. The summed E-state index contributed by atoms with van der Waals surface area (Å²) < 4.78 is 8.16. The van der Waals surface area contributed by atoms with Gasteiger partial charge in [0, 0.05) is 35.6 Å². The molecule has 6 heteroatoms. The van der Waals surface area contributed by atoms with Crippen molar-refractivity contribution >= 4 is 11.6 Å². The van der Waals surface area contributed by atoms with Gasteiger partial charge in [-0.3, -0.25) is 4.90 Å². The van der Waals surface area contributed by atoms with Crippen molar-refractivity contribution < 1.29 is 4.42 Å². The highest BCUT2D eigenvalue weighted by Gasteiger charge is 2.28. The van der Waals surface area contributed by atoms with Gasteiger partial charge in [-0.25, -0.2) is 9.97 Å². The summed E-state index contributed by atoms with van der Waals surface area (Å²) in [4.78, 5) is 11.0. The standard InChI is InChI=1S/C19H21ClN4O/c1-14-5-7-23(11-17(14)24-8-6-21-13-24)12-19-22-10-18(25-19)15-3-2-4-16(20)9-15/h2-4,6,8-10,13-14,17H,5,7,11-12H2,1H3/t14-,17+/m0/s1. The molecule has 2 atom stereocenters. The molecular weight excluding hydrogens is 336 g/mol. The maximum Gasteiger partial charge on any atom is 0.209 e. The number of likely N-dealkylation sites (tertiary alicyclic amines) is 1. The molecule has 0 bridgehead atoms. The van der Waals surface area contributed by atoms with E-state index in [2.05, 4.69) is 26.4 Å². The van der Waals surface area contributed by atoms with Crippen LogP contribution in [-0.4, -0.2) is 32.5 Å². The Morgan fingerprint density at radius 2 is 2.28 bits per heavy atom. The van der Waals surface area contributed by atoms with E-state index in [4.69, 9.17) is 16.0 Å². The summed E-state index contributed by atoms with van der Waals surface area (Å²) in [6.07, 6.45) is 8.74. The summed E-state index contributed by atoms with van der Waals surface area (Å²) in [7, 11) is 0. The van der Waals surface area contributed by atoms with Gasteiger partial charge in [-0.15, -0.1) is 0 Å². The van der Waals surface area contributed by atoms with Crippen molar-refractivity contribution in [2.24, 2.45) is 5.92 Å². The van der Waals surface area contributed by atoms with Crippen molar-refractivity contribution in [1.29, 1.82) is 0 Å². The average Bonchev–Trinajstić information content (AvgIpc) is 3.28. The summed E-state index contributed by atoms with van der Waals surface area (Å²) in [6.45, 7) is 5.07. The number of aromatic nitrogens is 3. The van der Waals surface area contributed by atoms with Gasteiger partial charge in [-0.05, 0) is 31.0 Å². The van der Waals surface area contributed by atoms with Crippen molar-refractivity contribution in [2.75, 3.05) is 13.1 Å². The highest BCUT2D eigenvalue weighted by molar-refractivity contribution is 6.30. The van der Waals surface area contributed by atoms with Crippen LogP contribution >= 0.6 is 11.6 Å². The molecular formula is C19H21ClN4O. The van der Waals surface area contributed by atoms with Gasteiger partial charge >= 0.3 is 0 Å². The minimum atomic E-state index is 0.443. The molecule has 0 saturated carbocycles. The minimum Gasteiger partial charge on any atom is -0.439 e. The fourth-order valence-electron chi connectivity index (χ4n) is 3.46. The fourth-order valence-corrected chi connectivity index (χ4v) is 3.65. The highest BCUT2D eigenvalue weighted by Crippen LogP contribution is 2.29. The number of piperidine rings is 1. The zero-order valence-corrected chi connectivity index (χ0v) is 14.9. The third-order valence-electron chi connectivity index (χ3n) is 4.93. The second kappa shape index (κ2) is 7.02. The minimum absolute atomic E-state index is 0.443. The van der Waals surface area contributed by atoms with Crippen molar-refractivity contribution in [3.63, 3.8) is 0 Å². The molecule has 3 aromatic rings. The second-order valence-corrected chi connectivity index (χ2v) is 7.14. The van der Waals surface area contributed by atoms with Crippen LogP contribution in [0.3, 0.4) is 0 Å². The van der Waals surface area contributed by atoms with Gasteiger partial charge in [0.25, 0.3) is 0 Å². The first kappa shape index (κ1) is 16.4. The fraction of sp³-hybridized carbons (Fsp3) is 0.368. The molecule has 2 aromatic heterocycles. The molecule has 0 amide bonds. The zero-order valence-electron chi connectivity index (χ0n) is 14.2. The number of oxazole rings is 1. The molecule has 25 heavy (non-hydrogen) atoms. The van der Waals surface area contributed by atoms with Crippen molar-refractivity contribution in [2.45, 2.75) is 25.9 Å². The first-order valence-corrected chi connectivity index (χ1v) is 8.97. The first-order chi connectivity index (χ1) is 12.2. The molecule has 4 rings (SSSR count). The molecule has 0 aliphatic carbocycles. The van der Waals surface area contributed by atoms with Crippen LogP contribution < -0.4 is 0 Å². The van der Waals surface area contributed by atoms with E-state index in [9.17, 15) is 0 Å². The van der Waals surface area contributed by atoms with Gasteiger partial charge < -0.3 is 8.98 Å². The molecule has 5 nitrogen and oxygen atoms in total. The topological polar surface area (TPSA) is 47.1 Å². The lowest BCUT2D eigenvalue weighted by molar-refractivity contribution is 0.117. The summed E-state index contributed by atoms with van der Waals surface area (Å²) in [5.74, 6) is 2.14. The van der Waals surface area contributed by atoms with E-state index in [0.29, 0.717) is 17.0 Å². The number of benzene rings is 1. The third kappa shape index (κ3) is 3.62. The van der Waals surface area contributed by atoms with E-state index in [1.807, 2.05) is 43.0 Å². The van der Waals surface area contributed by atoms with Gasteiger partial charge in [0.15, 0.2) is 5.76 Å². The van der Waals surface area contributed by atoms with Gasteiger partial charge in [0.2, 0.25) is 5.89 Å². The molecule has 1 aliphatic heterocycles. The Hall–Kier alpha value is -2.11. The Labute approximate surface area is 152 Å². The Kier molecular flexibility index (Phi) is 4.59. The average molecular weight is 357 g/mol. The van der Waals surface area contributed by atoms with Crippen LogP contribution in [0.15, 0.2) is 53.6 Å². The van der Waals surface area contributed by atoms with Crippen LogP contribution in [0.2, 0.25) is 5.02 Å². The molecule has 3 heterocycles. The maximum absolute atomic E-state index is 6.06. The second-order valence-electron chi connectivity index (χ2n) is 6.71. The Morgan fingerprint density at radius 3 is 3.08 bits per heavy atom. The van der Waals surface area contributed by atoms with Crippen LogP contribution in [0.1, 0.15) is 25.3 Å². The Balaban J connectivity index is 1.46. The smallest absolute Gasteiger partial charge is 0.209 e. The monoisotopic (exact) mass is 356 g/mol. The molecule has 1 aliphatic rings. The quantitative estimate of drug-likeness (QED) is 0.700. The lowest BCUT2D eigenvalue weighted by Gasteiger charge is -2.37. The van der Waals surface area contributed by atoms with E-state index < -0.39 is 0 Å². The van der Waals surface area contributed by atoms with E-state index in [-0.39, 0.29) is 0 Å². The summed E-state index contributed by atoms with van der Waals surface area (Å²) in [6, 6.07) is 8.09. The SMILES string of the molecule is C[C@H]1CCN(Cc2ncc(-c3cccc(Cl)c3)o2)C[C@H]1n1ccnc1. The number of hydrogen-bond donors (Lipinski definition) is 0. The third-order valence-corrected chi connectivity index (χ3v) is 5.17. The van der Waals surface area contributed by atoms with Gasteiger partial charge in [0.1, 0.15) is 0 Å². The number of halogens is 1. The molecule has 1 fully saturated rings. The zero-order chi connectivity index (χ0) is 17.2. The van der Waals surface area contributed by atoms with Crippen LogP contribution in [-0.2, 0) is 6.54 Å². The molecule has 0 N–H and O–H groups in total. The van der Waals surface area contributed by atoms with Crippen LogP contribution in [0.5, 0.6) is 0 Å².